The van der Waals surface area contributed by atoms with E-state index in [0.717, 1.165) is 11.8 Å². The Morgan fingerprint density at radius 2 is 1.39 bits per heavy atom. The van der Waals surface area contributed by atoms with Gasteiger partial charge in [-0.15, -0.1) is 0 Å². The molecule has 0 aliphatic carbocycles. The number of aromatic nitrogens is 1. The van der Waals surface area contributed by atoms with Crippen LogP contribution < -0.4 is 0 Å². The van der Waals surface area contributed by atoms with Crippen molar-refractivity contribution in [2.45, 2.75) is 84.5 Å². The molecular formula is C31H46N2. The van der Waals surface area contributed by atoms with Gasteiger partial charge in [-0.25, -0.2) is 0 Å². The molecule has 33 heavy (non-hydrogen) atoms. The second-order valence-electron chi connectivity index (χ2n) is 12.6. The van der Waals surface area contributed by atoms with Crippen LogP contribution in [-0.2, 0) is 17.9 Å². The van der Waals surface area contributed by atoms with E-state index in [0.29, 0.717) is 0 Å². The van der Waals surface area contributed by atoms with Gasteiger partial charge in [0.25, 0.3) is 0 Å². The molecule has 2 atom stereocenters. The Balaban J connectivity index is 1.56. The summed E-state index contributed by atoms with van der Waals surface area (Å²) in [4.78, 5) is 2.56. The van der Waals surface area contributed by atoms with Gasteiger partial charge in [0, 0.05) is 41.9 Å². The van der Waals surface area contributed by atoms with Crippen LogP contribution in [0.1, 0.15) is 84.8 Å². The minimum Gasteiger partial charge on any atom is -0.344 e. The van der Waals surface area contributed by atoms with Crippen molar-refractivity contribution in [3.63, 3.8) is 0 Å². The van der Waals surface area contributed by atoms with Crippen LogP contribution in [-0.4, -0.2) is 29.6 Å². The average Bonchev–Trinajstić information content (AvgIpc) is 3.04. The summed E-state index contributed by atoms with van der Waals surface area (Å²) < 4.78 is 2.36. The Labute approximate surface area is 202 Å². The Kier molecular flexibility index (Phi) is 6.71. The van der Waals surface area contributed by atoms with Crippen molar-refractivity contribution in [1.29, 1.82) is 0 Å². The summed E-state index contributed by atoms with van der Waals surface area (Å²) >= 11 is 0. The van der Waals surface area contributed by atoms with E-state index in [2.05, 4.69) is 102 Å². The topological polar surface area (TPSA) is 8.17 Å². The summed E-state index contributed by atoms with van der Waals surface area (Å²) in [6.45, 7) is 16.7. The lowest BCUT2D eigenvalue weighted by atomic mass is 9.77. The highest BCUT2D eigenvalue weighted by molar-refractivity contribution is 6.08. The number of benzene rings is 2. The van der Waals surface area contributed by atoms with Crippen molar-refractivity contribution in [3.8, 4) is 0 Å². The summed E-state index contributed by atoms with van der Waals surface area (Å²) in [5.74, 6) is 1.77. The molecular weight excluding hydrogens is 400 g/mol. The number of nitrogens with zero attached hydrogens (tertiary/aromatic N) is 2. The fourth-order valence-corrected chi connectivity index (χ4v) is 6.16. The largest absolute Gasteiger partial charge is 0.344 e. The summed E-state index contributed by atoms with van der Waals surface area (Å²) in [6, 6.07) is 14.3. The molecule has 4 rings (SSSR count). The molecule has 0 N–H and O–H groups in total. The maximum absolute atomic E-state index is 2.56. The molecule has 0 amide bonds. The van der Waals surface area contributed by atoms with Crippen molar-refractivity contribution in [1.82, 2.24) is 9.47 Å². The standard InChI is InChI=1S/C31H46N2/c1-9-22-17-23(21-32(7)20-22)11-10-16-31(5,6)25-13-15-29-27(19-25)26-18-24(30(2,3)4)12-14-28(26)33(29)8/h12-15,18-19,22-23H,9-11,16-17,20-21H2,1-8H3. The Morgan fingerprint density at radius 1 is 0.818 bits per heavy atom. The third-order valence-electron chi connectivity index (χ3n) is 8.45. The SMILES string of the molecule is CCC1CC(CCCC(C)(C)c2ccc3c(c2)c2cc(C(C)(C)C)ccc2n3C)CN(C)C1. The van der Waals surface area contributed by atoms with Gasteiger partial charge in [-0.05, 0) is 84.4 Å². The second-order valence-corrected chi connectivity index (χ2v) is 12.6. The first kappa shape index (κ1) is 24.3. The van der Waals surface area contributed by atoms with Gasteiger partial charge in [-0.3, -0.25) is 0 Å². The lowest BCUT2D eigenvalue weighted by Gasteiger charge is -2.36. The normalized spacial score (nSPS) is 20.7. The van der Waals surface area contributed by atoms with Gasteiger partial charge in [-0.1, -0.05) is 66.5 Å². The maximum Gasteiger partial charge on any atom is 0.0488 e. The molecule has 0 spiro atoms. The number of hydrogen-bond donors (Lipinski definition) is 0. The summed E-state index contributed by atoms with van der Waals surface area (Å²) in [5, 5.41) is 2.80. The van der Waals surface area contributed by atoms with Gasteiger partial charge in [0.1, 0.15) is 0 Å². The zero-order valence-corrected chi connectivity index (χ0v) is 22.5. The van der Waals surface area contributed by atoms with Crippen molar-refractivity contribution < 1.29 is 0 Å². The first-order valence-electron chi connectivity index (χ1n) is 13.2. The predicted molar refractivity (Wildman–Crippen MR) is 145 cm³/mol. The predicted octanol–water partition coefficient (Wildman–Crippen LogP) is 8.05. The molecule has 2 nitrogen and oxygen atoms in total. The third-order valence-corrected chi connectivity index (χ3v) is 8.45. The number of rotatable bonds is 6. The lowest BCUT2D eigenvalue weighted by Crippen LogP contribution is -2.37. The molecule has 1 fully saturated rings. The van der Waals surface area contributed by atoms with Gasteiger partial charge >= 0.3 is 0 Å². The van der Waals surface area contributed by atoms with Gasteiger partial charge in [0.15, 0.2) is 0 Å². The first-order chi connectivity index (χ1) is 15.5. The molecule has 2 aromatic carbocycles. The summed E-state index contributed by atoms with van der Waals surface area (Å²) in [5.41, 5.74) is 5.93. The minimum atomic E-state index is 0.164. The smallest absolute Gasteiger partial charge is 0.0488 e. The fourth-order valence-electron chi connectivity index (χ4n) is 6.16. The number of fused-ring (bicyclic) bond motifs is 3. The Hall–Kier alpha value is -1.80. The molecule has 180 valence electrons. The summed E-state index contributed by atoms with van der Waals surface area (Å²) in [7, 11) is 4.51. The zero-order valence-electron chi connectivity index (χ0n) is 22.5. The molecule has 0 radical (unpaired) electrons. The van der Waals surface area contributed by atoms with Crippen LogP contribution in [0.3, 0.4) is 0 Å². The van der Waals surface area contributed by atoms with Crippen LogP contribution in [0.25, 0.3) is 21.8 Å². The van der Waals surface area contributed by atoms with E-state index in [-0.39, 0.29) is 10.8 Å². The molecule has 2 unspecified atom stereocenters. The van der Waals surface area contributed by atoms with Crippen LogP contribution in [0, 0.1) is 11.8 Å². The van der Waals surface area contributed by atoms with Crippen LogP contribution in [0.2, 0.25) is 0 Å². The Morgan fingerprint density at radius 3 is 2.00 bits per heavy atom. The van der Waals surface area contributed by atoms with Gasteiger partial charge < -0.3 is 9.47 Å². The van der Waals surface area contributed by atoms with Crippen molar-refractivity contribution in [2.75, 3.05) is 20.1 Å². The highest BCUT2D eigenvalue weighted by Gasteiger charge is 2.26. The van der Waals surface area contributed by atoms with Gasteiger partial charge in [0.2, 0.25) is 0 Å². The molecule has 1 saturated heterocycles. The van der Waals surface area contributed by atoms with E-state index in [1.807, 2.05) is 0 Å². The van der Waals surface area contributed by atoms with E-state index in [4.69, 9.17) is 0 Å². The molecule has 2 heteroatoms. The van der Waals surface area contributed by atoms with Gasteiger partial charge in [0.05, 0.1) is 0 Å². The molecule has 3 aromatic rings. The lowest BCUT2D eigenvalue weighted by molar-refractivity contribution is 0.140. The maximum atomic E-state index is 2.56. The molecule has 2 heterocycles. The number of aryl methyl sites for hydroxylation is 1. The second kappa shape index (κ2) is 9.10. The minimum absolute atomic E-state index is 0.164. The van der Waals surface area contributed by atoms with E-state index in [9.17, 15) is 0 Å². The van der Waals surface area contributed by atoms with Crippen LogP contribution >= 0.6 is 0 Å². The molecule has 0 bridgehead atoms. The van der Waals surface area contributed by atoms with E-state index in [1.165, 1.54) is 78.1 Å². The van der Waals surface area contributed by atoms with Crippen molar-refractivity contribution >= 4 is 21.8 Å². The summed E-state index contributed by atoms with van der Waals surface area (Å²) in [6.07, 6.45) is 6.71. The highest BCUT2D eigenvalue weighted by atomic mass is 15.1. The zero-order chi connectivity index (χ0) is 24.0. The van der Waals surface area contributed by atoms with E-state index < -0.39 is 0 Å². The monoisotopic (exact) mass is 446 g/mol. The van der Waals surface area contributed by atoms with E-state index in [1.54, 1.807) is 0 Å². The fraction of sp³-hybridized carbons (Fsp3) is 0.613. The highest BCUT2D eigenvalue weighted by Crippen LogP contribution is 2.37. The van der Waals surface area contributed by atoms with Crippen molar-refractivity contribution in [3.05, 3.63) is 47.5 Å². The Bertz CT molecular complexity index is 1110. The number of piperidine rings is 1. The third kappa shape index (κ3) is 5.02. The van der Waals surface area contributed by atoms with Crippen molar-refractivity contribution in [2.24, 2.45) is 18.9 Å². The van der Waals surface area contributed by atoms with E-state index >= 15 is 0 Å². The van der Waals surface area contributed by atoms with Gasteiger partial charge in [-0.2, -0.15) is 0 Å². The molecule has 1 aliphatic heterocycles. The quantitative estimate of drug-likeness (QED) is 0.372. The molecule has 0 saturated carbocycles. The van der Waals surface area contributed by atoms with Crippen LogP contribution in [0.4, 0.5) is 0 Å². The molecule has 1 aliphatic rings. The molecule has 1 aromatic heterocycles. The van der Waals surface area contributed by atoms with Crippen LogP contribution in [0.5, 0.6) is 0 Å². The average molecular weight is 447 g/mol. The number of likely N-dealkylation sites (tertiary alicyclic amines) is 1. The first-order valence-corrected chi connectivity index (χ1v) is 13.2. The van der Waals surface area contributed by atoms with Crippen LogP contribution in [0.15, 0.2) is 36.4 Å². The number of hydrogen-bond acceptors (Lipinski definition) is 1.